The Balaban J connectivity index is 2.03. The first-order chi connectivity index (χ1) is 11.5. The molecule has 1 aromatic heterocycles. The third-order valence-corrected chi connectivity index (χ3v) is 3.40. The summed E-state index contributed by atoms with van der Waals surface area (Å²) < 4.78 is 0. The zero-order chi connectivity index (χ0) is 17.5. The number of benzene rings is 1. The number of rotatable bonds is 6. The molecule has 24 heavy (non-hydrogen) atoms. The van der Waals surface area contributed by atoms with Crippen molar-refractivity contribution in [1.82, 2.24) is 10.3 Å². The summed E-state index contributed by atoms with van der Waals surface area (Å²) in [7, 11) is 3.78. The van der Waals surface area contributed by atoms with Gasteiger partial charge in [0.25, 0.3) is 0 Å². The maximum absolute atomic E-state index is 12.3. The van der Waals surface area contributed by atoms with Crippen LogP contribution in [0.4, 0.5) is 16.3 Å². The summed E-state index contributed by atoms with van der Waals surface area (Å²) in [4.78, 5) is 29.6. The lowest BCUT2D eigenvalue weighted by Crippen LogP contribution is -2.35. The van der Waals surface area contributed by atoms with Crippen molar-refractivity contribution in [3.8, 4) is 0 Å². The summed E-state index contributed by atoms with van der Waals surface area (Å²) in [5.41, 5.74) is 6.61. The Kier molecular flexibility index (Phi) is 5.73. The molecular weight excluding hydrogens is 306 g/mol. The standard InChI is InChI=1S/C17H21N5O2/c1-22(2)15-9-8-13(11-19-15)20-16(23)10-14(21-17(18)24)12-6-4-3-5-7-12/h3-9,11,14H,10H2,1-2H3,(H,20,23)(H3,18,21,24)/t14-/m0/s1. The van der Waals surface area contributed by atoms with Gasteiger partial charge in [0.1, 0.15) is 5.82 Å². The molecule has 0 aliphatic carbocycles. The van der Waals surface area contributed by atoms with Crippen molar-refractivity contribution in [2.75, 3.05) is 24.3 Å². The van der Waals surface area contributed by atoms with Crippen molar-refractivity contribution >= 4 is 23.4 Å². The van der Waals surface area contributed by atoms with Crippen LogP contribution in [-0.2, 0) is 4.79 Å². The highest BCUT2D eigenvalue weighted by Crippen LogP contribution is 2.18. The highest BCUT2D eigenvalue weighted by atomic mass is 16.2. The van der Waals surface area contributed by atoms with Crippen LogP contribution < -0.4 is 21.3 Å². The van der Waals surface area contributed by atoms with Gasteiger partial charge in [-0.1, -0.05) is 30.3 Å². The first-order valence-electron chi connectivity index (χ1n) is 7.50. The van der Waals surface area contributed by atoms with Gasteiger partial charge in [-0.25, -0.2) is 9.78 Å². The van der Waals surface area contributed by atoms with Gasteiger partial charge in [-0.15, -0.1) is 0 Å². The molecule has 3 amide bonds. The normalized spacial score (nSPS) is 11.4. The van der Waals surface area contributed by atoms with Crippen molar-refractivity contribution in [1.29, 1.82) is 0 Å². The SMILES string of the molecule is CN(C)c1ccc(NC(=O)C[C@H](NC(N)=O)c2ccccc2)cn1. The second kappa shape index (κ2) is 7.96. The van der Waals surface area contributed by atoms with Crippen LogP contribution >= 0.6 is 0 Å². The number of amides is 3. The fourth-order valence-electron chi connectivity index (χ4n) is 2.23. The maximum Gasteiger partial charge on any atom is 0.312 e. The number of primary amides is 1. The lowest BCUT2D eigenvalue weighted by atomic mass is 10.0. The number of anilines is 2. The van der Waals surface area contributed by atoms with Crippen LogP contribution in [0.5, 0.6) is 0 Å². The number of hydrogen-bond donors (Lipinski definition) is 3. The Morgan fingerprint density at radius 3 is 2.42 bits per heavy atom. The van der Waals surface area contributed by atoms with E-state index >= 15 is 0 Å². The minimum Gasteiger partial charge on any atom is -0.363 e. The van der Waals surface area contributed by atoms with Gasteiger partial charge >= 0.3 is 6.03 Å². The largest absolute Gasteiger partial charge is 0.363 e. The number of urea groups is 1. The van der Waals surface area contributed by atoms with Crippen LogP contribution in [0, 0.1) is 0 Å². The van der Waals surface area contributed by atoms with Crippen molar-refractivity contribution in [3.05, 3.63) is 54.2 Å². The monoisotopic (exact) mass is 327 g/mol. The molecule has 1 atom stereocenters. The van der Waals surface area contributed by atoms with E-state index in [0.717, 1.165) is 11.4 Å². The third kappa shape index (κ3) is 4.98. The molecule has 1 aromatic carbocycles. The number of nitrogens with one attached hydrogen (secondary N) is 2. The lowest BCUT2D eigenvalue weighted by Gasteiger charge is -2.18. The molecule has 0 aliphatic heterocycles. The second-order valence-corrected chi connectivity index (χ2v) is 5.52. The highest BCUT2D eigenvalue weighted by molar-refractivity contribution is 5.91. The van der Waals surface area contributed by atoms with E-state index in [4.69, 9.17) is 5.73 Å². The molecule has 7 heteroatoms. The average Bonchev–Trinajstić information content (AvgIpc) is 2.55. The molecule has 2 aromatic rings. The Labute approximate surface area is 140 Å². The van der Waals surface area contributed by atoms with E-state index in [-0.39, 0.29) is 12.3 Å². The van der Waals surface area contributed by atoms with E-state index in [2.05, 4.69) is 15.6 Å². The first-order valence-corrected chi connectivity index (χ1v) is 7.50. The minimum atomic E-state index is -0.673. The minimum absolute atomic E-state index is 0.0718. The molecule has 0 unspecified atom stereocenters. The maximum atomic E-state index is 12.3. The zero-order valence-corrected chi connectivity index (χ0v) is 13.7. The van der Waals surface area contributed by atoms with Crippen LogP contribution in [0.1, 0.15) is 18.0 Å². The summed E-state index contributed by atoms with van der Waals surface area (Å²) >= 11 is 0. The third-order valence-electron chi connectivity index (χ3n) is 3.40. The van der Waals surface area contributed by atoms with Crippen LogP contribution in [0.25, 0.3) is 0 Å². The number of pyridine rings is 1. The van der Waals surface area contributed by atoms with E-state index in [0.29, 0.717) is 5.69 Å². The molecule has 0 aliphatic rings. The van der Waals surface area contributed by atoms with Gasteiger partial charge in [0.05, 0.1) is 24.3 Å². The highest BCUT2D eigenvalue weighted by Gasteiger charge is 2.17. The van der Waals surface area contributed by atoms with E-state index in [1.165, 1.54) is 0 Å². The molecule has 2 rings (SSSR count). The lowest BCUT2D eigenvalue weighted by molar-refractivity contribution is -0.116. The quantitative estimate of drug-likeness (QED) is 0.754. The number of nitrogens with two attached hydrogens (primary N) is 1. The Hall–Kier alpha value is -3.09. The van der Waals surface area contributed by atoms with Gasteiger partial charge in [0.15, 0.2) is 0 Å². The molecule has 0 radical (unpaired) electrons. The van der Waals surface area contributed by atoms with Crippen molar-refractivity contribution < 1.29 is 9.59 Å². The molecule has 0 fully saturated rings. The Morgan fingerprint density at radius 2 is 1.88 bits per heavy atom. The van der Waals surface area contributed by atoms with Crippen molar-refractivity contribution in [2.45, 2.75) is 12.5 Å². The molecule has 7 nitrogen and oxygen atoms in total. The van der Waals surface area contributed by atoms with Crippen LogP contribution in [0.2, 0.25) is 0 Å². The number of aromatic nitrogens is 1. The van der Waals surface area contributed by atoms with Crippen molar-refractivity contribution in [3.63, 3.8) is 0 Å². The average molecular weight is 327 g/mol. The smallest absolute Gasteiger partial charge is 0.312 e. The zero-order valence-electron chi connectivity index (χ0n) is 13.7. The van der Waals surface area contributed by atoms with Gasteiger partial charge in [0.2, 0.25) is 5.91 Å². The molecule has 4 N–H and O–H groups in total. The molecule has 0 spiro atoms. The number of carbonyl (C=O) groups excluding carboxylic acids is 2. The van der Waals surface area contributed by atoms with Crippen LogP contribution in [-0.4, -0.2) is 31.0 Å². The number of hydrogen-bond acceptors (Lipinski definition) is 4. The fourth-order valence-corrected chi connectivity index (χ4v) is 2.23. The number of nitrogens with zero attached hydrogens (tertiary/aromatic N) is 2. The number of carbonyl (C=O) groups is 2. The summed E-state index contributed by atoms with van der Waals surface area (Å²) in [6.07, 6.45) is 1.66. The Bertz CT molecular complexity index is 686. The van der Waals surface area contributed by atoms with Gasteiger partial charge in [0, 0.05) is 14.1 Å². The predicted molar refractivity (Wildman–Crippen MR) is 93.7 cm³/mol. The fraction of sp³-hybridized carbons (Fsp3) is 0.235. The van der Waals surface area contributed by atoms with E-state index in [9.17, 15) is 9.59 Å². The Morgan fingerprint density at radius 1 is 1.17 bits per heavy atom. The predicted octanol–water partition coefficient (Wildman–Crippen LogP) is 1.89. The molecule has 0 saturated heterocycles. The van der Waals surface area contributed by atoms with Gasteiger partial charge in [-0.2, -0.15) is 0 Å². The molecule has 0 bridgehead atoms. The van der Waals surface area contributed by atoms with Gasteiger partial charge in [-0.05, 0) is 17.7 Å². The first kappa shape index (κ1) is 17.3. The van der Waals surface area contributed by atoms with Crippen molar-refractivity contribution in [2.24, 2.45) is 5.73 Å². The summed E-state index contributed by atoms with van der Waals surface area (Å²) in [5, 5.41) is 5.36. The second-order valence-electron chi connectivity index (χ2n) is 5.52. The van der Waals surface area contributed by atoms with Gasteiger partial charge < -0.3 is 21.3 Å². The van der Waals surface area contributed by atoms with E-state index in [1.807, 2.05) is 55.4 Å². The topological polar surface area (TPSA) is 100 Å². The van der Waals surface area contributed by atoms with E-state index in [1.54, 1.807) is 12.3 Å². The van der Waals surface area contributed by atoms with Gasteiger partial charge in [-0.3, -0.25) is 4.79 Å². The molecule has 126 valence electrons. The summed E-state index contributed by atoms with van der Waals surface area (Å²) in [5.74, 6) is 0.558. The molecular formula is C17H21N5O2. The van der Waals surface area contributed by atoms with Crippen LogP contribution in [0.3, 0.4) is 0 Å². The molecule has 0 saturated carbocycles. The summed E-state index contributed by atoms with van der Waals surface area (Å²) in [6, 6.07) is 11.6. The molecule has 1 heterocycles. The van der Waals surface area contributed by atoms with Crippen LogP contribution in [0.15, 0.2) is 48.7 Å². The van der Waals surface area contributed by atoms with E-state index < -0.39 is 12.1 Å². The summed E-state index contributed by atoms with van der Waals surface area (Å²) in [6.45, 7) is 0.